The van der Waals surface area contributed by atoms with Crippen LogP contribution in [0.25, 0.3) is 6.08 Å². The van der Waals surface area contributed by atoms with Crippen LogP contribution in [0.2, 0.25) is 0 Å². The van der Waals surface area contributed by atoms with Crippen LogP contribution in [-0.4, -0.2) is 30.3 Å². The lowest BCUT2D eigenvalue weighted by Crippen LogP contribution is -2.33. The molecule has 1 fully saturated rings. The fourth-order valence-electron chi connectivity index (χ4n) is 2.62. The van der Waals surface area contributed by atoms with E-state index in [0.29, 0.717) is 23.9 Å². The van der Waals surface area contributed by atoms with Gasteiger partial charge >= 0.3 is 5.97 Å². The molecule has 30 heavy (non-hydrogen) atoms. The molecule has 1 saturated heterocycles. The van der Waals surface area contributed by atoms with E-state index in [9.17, 15) is 18.8 Å². The Hall–Kier alpha value is -2.88. The first kappa shape index (κ1) is 21.8. The average Bonchev–Trinajstić information content (AvgIpc) is 3.05. The van der Waals surface area contributed by atoms with Crippen molar-refractivity contribution in [1.29, 1.82) is 0 Å². The molecule has 2 N–H and O–H groups in total. The van der Waals surface area contributed by atoms with Gasteiger partial charge in [0.2, 0.25) is 0 Å². The highest BCUT2D eigenvalue weighted by Crippen LogP contribution is 2.29. The highest BCUT2D eigenvalue weighted by atomic mass is 35.5. The van der Waals surface area contributed by atoms with Crippen molar-refractivity contribution >= 4 is 46.7 Å². The van der Waals surface area contributed by atoms with Gasteiger partial charge in [-0.25, -0.2) is 9.23 Å². The largest absolute Gasteiger partial charge is 0.468 e. The number of nitrogens with one attached hydrogen (secondary N) is 2. The summed E-state index contributed by atoms with van der Waals surface area (Å²) in [6, 6.07) is 10.4. The van der Waals surface area contributed by atoms with Crippen LogP contribution in [0.5, 0.6) is 11.5 Å². The van der Waals surface area contributed by atoms with Gasteiger partial charge in [-0.3, -0.25) is 19.7 Å². The van der Waals surface area contributed by atoms with Crippen molar-refractivity contribution in [2.75, 3.05) is 7.11 Å². The van der Waals surface area contributed by atoms with Crippen LogP contribution in [0.3, 0.4) is 0 Å². The zero-order valence-corrected chi connectivity index (χ0v) is 17.2. The van der Waals surface area contributed by atoms with Gasteiger partial charge in [-0.05, 0) is 65.9 Å². The van der Waals surface area contributed by atoms with Gasteiger partial charge in [0.25, 0.3) is 11.1 Å². The third kappa shape index (κ3) is 5.38. The Kier molecular flexibility index (Phi) is 7.09. The standard InChI is InChI=1S/C20H16ClFN2O5S/c1-28-19(26)16(24-21)8-11-2-5-13(6-3-11)29-14-7-4-12(15(22)10-14)9-17-18(25)23-20(27)30-17/h2-7,9-10,16,24H,8H2,1H3,(H,23,25,27)/b17-9-/t16-/m0/s1. The Bertz CT molecular complexity index is 1010. The van der Waals surface area contributed by atoms with E-state index in [2.05, 4.69) is 14.9 Å². The summed E-state index contributed by atoms with van der Waals surface area (Å²) in [6.07, 6.45) is 1.63. The molecule has 1 atom stereocenters. The highest BCUT2D eigenvalue weighted by Gasteiger charge is 2.25. The molecule has 3 rings (SSSR count). The van der Waals surface area contributed by atoms with Crippen LogP contribution >= 0.6 is 23.5 Å². The maximum absolute atomic E-state index is 14.4. The van der Waals surface area contributed by atoms with Gasteiger partial charge < -0.3 is 9.47 Å². The number of rotatable bonds is 7. The van der Waals surface area contributed by atoms with E-state index < -0.39 is 29.0 Å². The van der Waals surface area contributed by atoms with Crippen molar-refractivity contribution in [3.05, 3.63) is 64.3 Å². The number of thioether (sulfide) groups is 1. The van der Waals surface area contributed by atoms with Gasteiger partial charge in [-0.15, -0.1) is 0 Å². The monoisotopic (exact) mass is 450 g/mol. The summed E-state index contributed by atoms with van der Waals surface area (Å²) in [5, 5.41) is 1.62. The maximum atomic E-state index is 14.4. The number of hydrogen-bond donors (Lipinski definition) is 2. The van der Waals surface area contributed by atoms with Crippen LogP contribution in [0.1, 0.15) is 11.1 Å². The second kappa shape index (κ2) is 9.75. The number of amides is 2. The molecule has 10 heteroatoms. The van der Waals surface area contributed by atoms with Crippen molar-refractivity contribution in [2.24, 2.45) is 0 Å². The van der Waals surface area contributed by atoms with Crippen molar-refractivity contribution in [2.45, 2.75) is 12.5 Å². The summed E-state index contributed by atoms with van der Waals surface area (Å²) < 4.78 is 24.7. The van der Waals surface area contributed by atoms with E-state index in [0.717, 1.165) is 5.56 Å². The third-order valence-corrected chi connectivity index (χ3v) is 5.19. The Morgan fingerprint density at radius 2 is 1.93 bits per heavy atom. The molecule has 0 saturated carbocycles. The fraction of sp³-hybridized carbons (Fsp3) is 0.150. The lowest BCUT2D eigenvalue weighted by Gasteiger charge is -2.12. The number of imide groups is 1. The number of hydrogen-bond acceptors (Lipinski definition) is 7. The number of esters is 1. The summed E-state index contributed by atoms with van der Waals surface area (Å²) in [4.78, 5) is 36.8. The topological polar surface area (TPSA) is 93.7 Å². The SMILES string of the molecule is COC(=O)[C@H](Cc1ccc(Oc2ccc(/C=C3\SC(=O)NC3=O)c(F)c2)cc1)NCl. The number of methoxy groups -OCH3 is 1. The van der Waals surface area contributed by atoms with Crippen LogP contribution in [0.15, 0.2) is 47.4 Å². The minimum atomic E-state index is -0.686. The second-order valence-electron chi connectivity index (χ2n) is 6.17. The molecule has 0 spiro atoms. The van der Waals surface area contributed by atoms with Gasteiger partial charge in [-0.2, -0.15) is 0 Å². The molecule has 2 aromatic carbocycles. The Morgan fingerprint density at radius 1 is 1.23 bits per heavy atom. The molecule has 1 heterocycles. The van der Waals surface area contributed by atoms with Crippen LogP contribution in [-0.2, 0) is 20.7 Å². The van der Waals surface area contributed by atoms with Crippen molar-refractivity contribution < 1.29 is 28.2 Å². The zero-order valence-electron chi connectivity index (χ0n) is 15.6. The first-order valence-corrected chi connectivity index (χ1v) is 9.84. The number of benzene rings is 2. The molecule has 2 amide bonds. The Balaban J connectivity index is 1.67. The van der Waals surface area contributed by atoms with E-state index in [1.54, 1.807) is 30.3 Å². The molecule has 0 aromatic heterocycles. The van der Waals surface area contributed by atoms with E-state index >= 15 is 0 Å². The predicted molar refractivity (Wildman–Crippen MR) is 111 cm³/mol. The molecule has 2 aromatic rings. The van der Waals surface area contributed by atoms with Gasteiger partial charge in [0.15, 0.2) is 0 Å². The summed E-state index contributed by atoms with van der Waals surface area (Å²) >= 11 is 6.29. The summed E-state index contributed by atoms with van der Waals surface area (Å²) in [6.45, 7) is 0. The summed E-state index contributed by atoms with van der Waals surface area (Å²) in [5.41, 5.74) is 0.980. The lowest BCUT2D eigenvalue weighted by atomic mass is 10.1. The van der Waals surface area contributed by atoms with Gasteiger partial charge in [0.05, 0.1) is 12.0 Å². The Labute approximate surface area is 180 Å². The molecule has 0 unspecified atom stereocenters. The zero-order chi connectivity index (χ0) is 21.7. The number of halogens is 2. The molecule has 1 aliphatic rings. The van der Waals surface area contributed by atoms with E-state index in [-0.39, 0.29) is 16.2 Å². The third-order valence-electron chi connectivity index (χ3n) is 4.12. The molecular formula is C20H16ClFN2O5S. The molecule has 0 aliphatic carbocycles. The number of carbonyl (C=O) groups is 3. The normalized spacial score (nSPS) is 15.8. The molecule has 0 radical (unpaired) electrons. The highest BCUT2D eigenvalue weighted by molar-refractivity contribution is 8.18. The van der Waals surface area contributed by atoms with Crippen LogP contribution in [0.4, 0.5) is 9.18 Å². The smallest absolute Gasteiger partial charge is 0.324 e. The van der Waals surface area contributed by atoms with Crippen LogP contribution < -0.4 is 14.9 Å². The molecular weight excluding hydrogens is 435 g/mol. The van der Waals surface area contributed by atoms with Crippen molar-refractivity contribution in [1.82, 2.24) is 10.2 Å². The molecule has 1 aliphatic heterocycles. The van der Waals surface area contributed by atoms with E-state index in [1.165, 1.54) is 25.3 Å². The quantitative estimate of drug-likeness (QED) is 0.376. The first-order chi connectivity index (χ1) is 14.4. The molecule has 0 bridgehead atoms. The van der Waals surface area contributed by atoms with Crippen molar-refractivity contribution in [3.8, 4) is 11.5 Å². The summed E-state index contributed by atoms with van der Waals surface area (Å²) in [5.74, 6) is -0.901. The lowest BCUT2D eigenvalue weighted by molar-refractivity contribution is -0.142. The minimum absolute atomic E-state index is 0.125. The summed E-state index contributed by atoms with van der Waals surface area (Å²) in [7, 11) is 1.28. The predicted octanol–water partition coefficient (Wildman–Crippen LogP) is 3.77. The van der Waals surface area contributed by atoms with Crippen molar-refractivity contribution in [3.63, 3.8) is 0 Å². The fourth-order valence-corrected chi connectivity index (χ4v) is 3.46. The minimum Gasteiger partial charge on any atom is -0.468 e. The number of ether oxygens (including phenoxy) is 2. The Morgan fingerprint density at radius 3 is 2.50 bits per heavy atom. The van der Waals surface area contributed by atoms with E-state index in [1.807, 2.05) is 0 Å². The van der Waals surface area contributed by atoms with Gasteiger partial charge in [0, 0.05) is 11.6 Å². The van der Waals surface area contributed by atoms with Crippen LogP contribution in [0, 0.1) is 5.82 Å². The van der Waals surface area contributed by atoms with Gasteiger partial charge in [0.1, 0.15) is 23.4 Å². The molecule has 7 nitrogen and oxygen atoms in total. The average molecular weight is 451 g/mol. The second-order valence-corrected chi connectivity index (χ2v) is 7.40. The van der Waals surface area contributed by atoms with Gasteiger partial charge in [-0.1, -0.05) is 12.1 Å². The first-order valence-electron chi connectivity index (χ1n) is 8.65. The maximum Gasteiger partial charge on any atom is 0.324 e. The number of carbonyl (C=O) groups excluding carboxylic acids is 3. The van der Waals surface area contributed by atoms with E-state index in [4.69, 9.17) is 16.5 Å². The molecule has 156 valence electrons.